The van der Waals surface area contributed by atoms with Crippen LogP contribution in [-0.2, 0) is 4.74 Å². The van der Waals surface area contributed by atoms with Gasteiger partial charge in [-0.05, 0) is 31.6 Å². The van der Waals surface area contributed by atoms with Gasteiger partial charge in [0.1, 0.15) is 6.54 Å². The highest BCUT2D eigenvalue weighted by Crippen LogP contribution is 2.65. The van der Waals surface area contributed by atoms with E-state index in [9.17, 15) is 17.3 Å². The van der Waals surface area contributed by atoms with E-state index in [0.717, 1.165) is 18.4 Å². The first-order valence-electron chi connectivity index (χ1n) is 8.77. The third-order valence-corrected chi connectivity index (χ3v) is 6.09. The molecule has 0 radical (unpaired) electrons. The first kappa shape index (κ1) is 19.3. The maximum atomic E-state index is 9.75. The summed E-state index contributed by atoms with van der Waals surface area (Å²) in [7, 11) is -6.00. The minimum atomic E-state index is -6.00. The number of hydrogen-bond donors (Lipinski definition) is 0. The Balaban J connectivity index is 0.000000368. The van der Waals surface area contributed by atoms with E-state index in [1.54, 1.807) is 0 Å². The van der Waals surface area contributed by atoms with Gasteiger partial charge < -0.3 is 22.0 Å². The van der Waals surface area contributed by atoms with Crippen molar-refractivity contribution in [3.63, 3.8) is 0 Å². The van der Waals surface area contributed by atoms with Gasteiger partial charge in [0.2, 0.25) is 0 Å². The lowest BCUT2D eigenvalue weighted by molar-refractivity contribution is -0.577. The summed E-state index contributed by atoms with van der Waals surface area (Å²) in [6, 6.07) is 0.593. The average molecular weight is 349 g/mol. The molecule has 0 saturated heterocycles. The van der Waals surface area contributed by atoms with Crippen LogP contribution in [0.5, 0.6) is 0 Å². The van der Waals surface area contributed by atoms with E-state index < -0.39 is 7.25 Å². The molecule has 1 aliphatic heterocycles. The fraction of sp³-hybridized carbons (Fsp3) is 0.824. The summed E-state index contributed by atoms with van der Waals surface area (Å²) in [5.41, 5.74) is 0.497. The van der Waals surface area contributed by atoms with Gasteiger partial charge in [0.15, 0.2) is 11.6 Å². The predicted molar refractivity (Wildman–Crippen MR) is 88.7 cm³/mol. The van der Waals surface area contributed by atoms with Crippen LogP contribution in [0.4, 0.5) is 17.3 Å². The van der Waals surface area contributed by atoms with Gasteiger partial charge in [0.25, 0.3) is 0 Å². The summed E-state index contributed by atoms with van der Waals surface area (Å²) >= 11 is 0. The third kappa shape index (κ3) is 3.36. The molecule has 0 aromatic heterocycles. The van der Waals surface area contributed by atoms with Crippen LogP contribution < -0.4 is 0 Å². The standard InChI is InChI=1S/C17H28NO.BF4/c1-6-8-15-18(9-7-2)14-11-12-10-13(16(12,3)4)17(14,5)19-15;2-1(3,4)5/h6,8,12-14H,7,9-11H2,1-5H3;/q+1;-1/b8-6-;/t12-,13-,14+,17-;/m0./s1. The summed E-state index contributed by atoms with van der Waals surface area (Å²) in [6.45, 7) is 12.7. The van der Waals surface area contributed by atoms with Crippen molar-refractivity contribution in [3.05, 3.63) is 12.2 Å². The quantitative estimate of drug-likeness (QED) is 0.401. The van der Waals surface area contributed by atoms with Crippen LogP contribution in [0.25, 0.3) is 0 Å². The molecule has 0 spiro atoms. The second-order valence-corrected chi connectivity index (χ2v) is 7.87. The van der Waals surface area contributed by atoms with E-state index >= 15 is 0 Å². The van der Waals surface area contributed by atoms with Crippen LogP contribution in [-0.4, -0.2) is 35.9 Å². The molecule has 0 amide bonds. The highest BCUT2D eigenvalue weighted by atomic mass is 19.5. The molecule has 138 valence electrons. The average Bonchev–Trinajstić information content (AvgIpc) is 2.69. The number of nitrogens with zero attached hydrogens (tertiary/aromatic N) is 1. The molecule has 24 heavy (non-hydrogen) atoms. The summed E-state index contributed by atoms with van der Waals surface area (Å²) < 4.78 is 48.0. The van der Waals surface area contributed by atoms with Gasteiger partial charge in [-0.2, -0.15) is 4.58 Å². The van der Waals surface area contributed by atoms with Crippen molar-refractivity contribution in [1.82, 2.24) is 0 Å². The smallest absolute Gasteiger partial charge is 0.431 e. The molecule has 0 N–H and O–H groups in total. The topological polar surface area (TPSA) is 12.2 Å². The Morgan fingerprint density at radius 3 is 2.25 bits per heavy atom. The highest BCUT2D eigenvalue weighted by molar-refractivity contribution is 6.50. The van der Waals surface area contributed by atoms with Crippen molar-refractivity contribution < 1.29 is 26.6 Å². The molecule has 4 atom stereocenters. The lowest BCUT2D eigenvalue weighted by Gasteiger charge is -2.62. The van der Waals surface area contributed by atoms with Crippen LogP contribution in [0.3, 0.4) is 0 Å². The normalized spacial score (nSPS) is 36.6. The Labute approximate surface area is 142 Å². The molecule has 4 rings (SSSR count). The van der Waals surface area contributed by atoms with E-state index in [1.807, 2.05) is 0 Å². The SMILES string of the molecule is C/C=C\C1=[N+](CCC)[C@@H]2C[C@@H]3C[C@@H](C3(C)C)[C@]2(C)O1.F[B-](F)(F)F. The third-order valence-electron chi connectivity index (χ3n) is 6.09. The molecule has 2 bridgehead atoms. The molecule has 4 aliphatic rings. The van der Waals surface area contributed by atoms with Crippen molar-refractivity contribution in [3.8, 4) is 0 Å². The van der Waals surface area contributed by atoms with Gasteiger partial charge in [0, 0.05) is 24.8 Å². The molecule has 3 saturated carbocycles. The lowest BCUT2D eigenvalue weighted by Crippen LogP contribution is -2.67. The monoisotopic (exact) mass is 349 g/mol. The van der Waals surface area contributed by atoms with Crippen molar-refractivity contribution >= 4 is 13.2 Å². The van der Waals surface area contributed by atoms with Crippen LogP contribution in [0.2, 0.25) is 0 Å². The van der Waals surface area contributed by atoms with Crippen molar-refractivity contribution in [2.75, 3.05) is 6.54 Å². The Morgan fingerprint density at radius 2 is 1.79 bits per heavy atom. The van der Waals surface area contributed by atoms with Gasteiger partial charge in [0.05, 0.1) is 0 Å². The molecule has 0 aromatic carbocycles. The largest absolute Gasteiger partial charge is 0.673 e. The summed E-state index contributed by atoms with van der Waals surface area (Å²) in [6.07, 6.45) is 8.12. The van der Waals surface area contributed by atoms with Crippen molar-refractivity contribution in [2.24, 2.45) is 17.3 Å². The fourth-order valence-corrected chi connectivity index (χ4v) is 4.92. The summed E-state index contributed by atoms with van der Waals surface area (Å²) in [5, 5.41) is 0. The van der Waals surface area contributed by atoms with Crippen LogP contribution >= 0.6 is 0 Å². The molecular weight excluding hydrogens is 321 g/mol. The second-order valence-electron chi connectivity index (χ2n) is 7.87. The zero-order chi connectivity index (χ0) is 18.3. The Morgan fingerprint density at radius 1 is 1.21 bits per heavy atom. The first-order chi connectivity index (χ1) is 10.9. The van der Waals surface area contributed by atoms with Crippen molar-refractivity contribution in [1.29, 1.82) is 0 Å². The van der Waals surface area contributed by atoms with E-state index in [0.29, 0.717) is 17.4 Å². The zero-order valence-corrected chi connectivity index (χ0v) is 15.2. The maximum absolute atomic E-state index is 9.75. The fourth-order valence-electron chi connectivity index (χ4n) is 4.92. The predicted octanol–water partition coefficient (Wildman–Crippen LogP) is 4.91. The molecule has 3 aliphatic carbocycles. The highest BCUT2D eigenvalue weighted by Gasteiger charge is 2.71. The van der Waals surface area contributed by atoms with Crippen molar-refractivity contribution in [2.45, 2.75) is 65.5 Å². The van der Waals surface area contributed by atoms with Crippen LogP contribution in [0, 0.1) is 17.3 Å². The molecule has 3 fully saturated rings. The molecule has 2 nitrogen and oxygen atoms in total. The molecular formula is C17H28BF4NO. The van der Waals surface area contributed by atoms with Crippen LogP contribution in [0.1, 0.15) is 53.9 Å². The first-order valence-corrected chi connectivity index (χ1v) is 8.77. The maximum Gasteiger partial charge on any atom is 0.673 e. The Hall–Kier alpha value is -1.01. The van der Waals surface area contributed by atoms with E-state index in [2.05, 4.69) is 51.3 Å². The van der Waals surface area contributed by atoms with E-state index in [4.69, 9.17) is 4.74 Å². The van der Waals surface area contributed by atoms with Gasteiger partial charge in [-0.15, -0.1) is 0 Å². The second kappa shape index (κ2) is 6.38. The Kier molecular flexibility index (Phi) is 5.13. The van der Waals surface area contributed by atoms with Crippen LogP contribution in [0.15, 0.2) is 12.2 Å². The van der Waals surface area contributed by atoms with Gasteiger partial charge in [-0.3, -0.25) is 0 Å². The lowest BCUT2D eigenvalue weighted by atomic mass is 9.43. The Bertz CT molecular complexity index is 537. The number of halogens is 4. The number of rotatable bonds is 3. The minimum absolute atomic E-state index is 0.0300. The zero-order valence-electron chi connectivity index (χ0n) is 15.2. The van der Waals surface area contributed by atoms with Gasteiger partial charge in [-0.25, -0.2) is 0 Å². The molecule has 0 unspecified atom stereocenters. The summed E-state index contributed by atoms with van der Waals surface area (Å²) in [4.78, 5) is 0. The number of hydrogen-bond acceptors (Lipinski definition) is 1. The molecule has 7 heteroatoms. The van der Waals surface area contributed by atoms with E-state index in [1.165, 1.54) is 19.3 Å². The number of ether oxygens (including phenoxy) is 1. The minimum Gasteiger partial charge on any atom is -0.431 e. The molecule has 0 aromatic rings. The van der Waals surface area contributed by atoms with Gasteiger partial charge in [-0.1, -0.05) is 26.8 Å². The van der Waals surface area contributed by atoms with Gasteiger partial charge >= 0.3 is 13.2 Å². The van der Waals surface area contributed by atoms with E-state index in [-0.39, 0.29) is 5.60 Å². The molecule has 1 heterocycles. The number of allylic oxidation sites excluding steroid dienone is 1. The summed E-state index contributed by atoms with van der Waals surface area (Å²) in [5.74, 6) is 2.72.